The highest BCUT2D eigenvalue weighted by Gasteiger charge is 2.24. The summed E-state index contributed by atoms with van der Waals surface area (Å²) >= 11 is 0. The summed E-state index contributed by atoms with van der Waals surface area (Å²) in [6, 6.07) is 14.7. The zero-order valence-electron chi connectivity index (χ0n) is 17.9. The summed E-state index contributed by atoms with van der Waals surface area (Å²) < 4.78 is 16.4. The molecular formula is C24H22N4O4. The minimum absolute atomic E-state index is 0.0801. The predicted octanol–water partition coefficient (Wildman–Crippen LogP) is 3.22. The molecule has 4 rings (SSSR count). The fourth-order valence-corrected chi connectivity index (χ4v) is 3.79. The summed E-state index contributed by atoms with van der Waals surface area (Å²) in [6.45, 7) is 0. The zero-order chi connectivity index (χ0) is 22.8. The second-order valence-corrected chi connectivity index (χ2v) is 6.98. The molecule has 4 aromatic rings. The number of pyridine rings is 1. The fourth-order valence-electron chi connectivity index (χ4n) is 3.79. The summed E-state index contributed by atoms with van der Waals surface area (Å²) in [4.78, 5) is 18.3. The lowest BCUT2D eigenvalue weighted by molar-refractivity contribution is 0.103. The fraction of sp³-hybridized carbons (Fsp3) is 0.125. The molecule has 0 radical (unpaired) electrons. The number of rotatable bonds is 6. The number of hydrogen-bond acceptors (Lipinski definition) is 7. The van der Waals surface area contributed by atoms with E-state index in [0.29, 0.717) is 39.1 Å². The molecule has 0 bridgehead atoms. The Morgan fingerprint density at radius 1 is 0.875 bits per heavy atom. The number of aromatic nitrogens is 1. The van der Waals surface area contributed by atoms with Gasteiger partial charge in [0.15, 0.2) is 17.3 Å². The third-order valence-electron chi connectivity index (χ3n) is 5.36. The van der Waals surface area contributed by atoms with Crippen LogP contribution < -0.4 is 25.8 Å². The van der Waals surface area contributed by atoms with Crippen molar-refractivity contribution in [2.24, 2.45) is 16.7 Å². The molecule has 0 unspecified atom stereocenters. The molecule has 4 N–H and O–H groups in total. The number of benzene rings is 3. The largest absolute Gasteiger partial charge is 0.496 e. The number of nitrogens with two attached hydrogens (primary N) is 2. The smallest absolute Gasteiger partial charge is 0.216 e. The molecule has 162 valence electrons. The molecule has 3 aromatic carbocycles. The van der Waals surface area contributed by atoms with E-state index in [9.17, 15) is 4.79 Å². The van der Waals surface area contributed by atoms with E-state index < -0.39 is 0 Å². The molecule has 0 aliphatic rings. The van der Waals surface area contributed by atoms with Gasteiger partial charge in [-0.3, -0.25) is 9.78 Å². The Kier molecular flexibility index (Phi) is 5.51. The van der Waals surface area contributed by atoms with E-state index in [-0.39, 0.29) is 17.3 Å². The van der Waals surface area contributed by atoms with Crippen molar-refractivity contribution in [1.29, 1.82) is 0 Å². The van der Waals surface area contributed by atoms with Crippen molar-refractivity contribution in [3.05, 3.63) is 71.5 Å². The van der Waals surface area contributed by atoms with Crippen LogP contribution >= 0.6 is 0 Å². The van der Waals surface area contributed by atoms with E-state index >= 15 is 0 Å². The van der Waals surface area contributed by atoms with Crippen LogP contribution in [0.5, 0.6) is 17.2 Å². The topological polar surface area (TPSA) is 122 Å². The number of methoxy groups -OCH3 is 3. The maximum atomic E-state index is 13.9. The summed E-state index contributed by atoms with van der Waals surface area (Å²) in [5.74, 6) is 6.56. The van der Waals surface area contributed by atoms with Crippen molar-refractivity contribution in [1.82, 2.24) is 4.98 Å². The first-order valence-electron chi connectivity index (χ1n) is 9.72. The number of amidine groups is 1. The number of carbonyl (C=O) groups is 1. The van der Waals surface area contributed by atoms with Crippen molar-refractivity contribution < 1.29 is 19.0 Å². The van der Waals surface area contributed by atoms with Gasteiger partial charge >= 0.3 is 0 Å². The highest BCUT2D eigenvalue weighted by molar-refractivity contribution is 6.23. The average molecular weight is 430 g/mol. The van der Waals surface area contributed by atoms with Gasteiger partial charge in [0.1, 0.15) is 11.4 Å². The summed E-state index contributed by atoms with van der Waals surface area (Å²) in [7, 11) is 4.58. The van der Waals surface area contributed by atoms with Crippen molar-refractivity contribution in [2.45, 2.75) is 0 Å². The molecule has 1 heterocycles. The standard InChI is InChI=1S/C24H22N4O4/c1-30-18-9-8-13-6-4-5-7-14(13)21(18)23(29)22-16-11-20(32-3)19(31-2)10-15(16)17(12-27-22)24(25)28-26/h4-12H,26H2,1-3H3,(H2,25,28). The van der Waals surface area contributed by atoms with Crippen LogP contribution in [0.1, 0.15) is 21.6 Å². The Hall–Kier alpha value is -4.33. The maximum Gasteiger partial charge on any atom is 0.216 e. The van der Waals surface area contributed by atoms with Crippen LogP contribution in [0.4, 0.5) is 0 Å². The summed E-state index contributed by atoms with van der Waals surface area (Å²) in [6.07, 6.45) is 1.48. The minimum atomic E-state index is -0.300. The van der Waals surface area contributed by atoms with Gasteiger partial charge in [-0.1, -0.05) is 30.3 Å². The van der Waals surface area contributed by atoms with Crippen LogP contribution in [0.2, 0.25) is 0 Å². The van der Waals surface area contributed by atoms with Gasteiger partial charge < -0.3 is 25.8 Å². The molecular weight excluding hydrogens is 408 g/mol. The van der Waals surface area contributed by atoms with Crippen LogP contribution in [-0.2, 0) is 0 Å². The monoisotopic (exact) mass is 430 g/mol. The highest BCUT2D eigenvalue weighted by atomic mass is 16.5. The number of ether oxygens (including phenoxy) is 3. The van der Waals surface area contributed by atoms with Crippen LogP contribution in [0, 0.1) is 0 Å². The Bertz CT molecular complexity index is 1380. The molecule has 32 heavy (non-hydrogen) atoms. The quantitative estimate of drug-likeness (QED) is 0.158. The highest BCUT2D eigenvalue weighted by Crippen LogP contribution is 2.37. The lowest BCUT2D eigenvalue weighted by Gasteiger charge is -2.15. The van der Waals surface area contributed by atoms with Gasteiger partial charge in [-0.15, -0.1) is 0 Å². The molecule has 8 heteroatoms. The molecule has 0 spiro atoms. The molecule has 0 saturated carbocycles. The molecule has 8 nitrogen and oxygen atoms in total. The van der Waals surface area contributed by atoms with Gasteiger partial charge in [0, 0.05) is 22.5 Å². The van der Waals surface area contributed by atoms with E-state index in [1.165, 1.54) is 27.5 Å². The minimum Gasteiger partial charge on any atom is -0.496 e. The van der Waals surface area contributed by atoms with Gasteiger partial charge in [0.05, 0.1) is 26.9 Å². The number of hydrogen-bond donors (Lipinski definition) is 2. The normalized spacial score (nSPS) is 11.5. The number of hydrazone groups is 1. The third kappa shape index (κ3) is 3.31. The number of ketones is 1. The Labute approximate surface area is 184 Å². The molecule has 0 fully saturated rings. The lowest BCUT2D eigenvalue weighted by atomic mass is 9.95. The number of nitrogens with zero attached hydrogens (tertiary/aromatic N) is 2. The van der Waals surface area contributed by atoms with E-state index in [1.807, 2.05) is 30.3 Å². The van der Waals surface area contributed by atoms with Gasteiger partial charge in [-0.2, -0.15) is 5.10 Å². The van der Waals surface area contributed by atoms with E-state index in [4.69, 9.17) is 25.8 Å². The van der Waals surface area contributed by atoms with Gasteiger partial charge in [0.2, 0.25) is 5.78 Å². The number of carbonyl (C=O) groups excluding carboxylic acids is 1. The van der Waals surface area contributed by atoms with Crippen LogP contribution in [0.3, 0.4) is 0 Å². The third-order valence-corrected chi connectivity index (χ3v) is 5.36. The van der Waals surface area contributed by atoms with E-state index in [2.05, 4.69) is 10.1 Å². The molecule has 0 amide bonds. The van der Waals surface area contributed by atoms with Crippen molar-refractivity contribution in [2.75, 3.05) is 21.3 Å². The predicted molar refractivity (Wildman–Crippen MR) is 124 cm³/mol. The lowest BCUT2D eigenvalue weighted by Crippen LogP contribution is -2.18. The Morgan fingerprint density at radius 3 is 2.19 bits per heavy atom. The van der Waals surface area contributed by atoms with Gasteiger partial charge in [-0.25, -0.2) is 0 Å². The van der Waals surface area contributed by atoms with E-state index in [0.717, 1.165) is 10.8 Å². The van der Waals surface area contributed by atoms with Crippen LogP contribution in [-0.4, -0.2) is 37.9 Å². The van der Waals surface area contributed by atoms with Crippen LogP contribution in [0.25, 0.3) is 21.5 Å². The molecule has 0 aliphatic carbocycles. The molecule has 0 atom stereocenters. The maximum absolute atomic E-state index is 13.9. The first-order chi connectivity index (χ1) is 15.5. The summed E-state index contributed by atoms with van der Waals surface area (Å²) in [5, 5.41) is 6.39. The van der Waals surface area contributed by atoms with Gasteiger partial charge in [0.25, 0.3) is 0 Å². The van der Waals surface area contributed by atoms with Crippen LogP contribution in [0.15, 0.2) is 59.8 Å². The first kappa shape index (κ1) is 20.9. The average Bonchev–Trinajstić information content (AvgIpc) is 2.85. The first-order valence-corrected chi connectivity index (χ1v) is 9.72. The molecule has 0 aliphatic heterocycles. The molecule has 1 aromatic heterocycles. The van der Waals surface area contributed by atoms with Gasteiger partial charge in [-0.05, 0) is 29.0 Å². The number of fused-ring (bicyclic) bond motifs is 2. The van der Waals surface area contributed by atoms with Crippen molar-refractivity contribution >= 4 is 33.2 Å². The van der Waals surface area contributed by atoms with Crippen molar-refractivity contribution in [3.8, 4) is 17.2 Å². The SMILES string of the molecule is COc1cc2c(/C(N)=N/N)cnc(C(=O)c3c(OC)ccc4ccccc34)c2cc1OC. The second-order valence-electron chi connectivity index (χ2n) is 6.98. The second kappa shape index (κ2) is 8.43. The van der Waals surface area contributed by atoms with Crippen molar-refractivity contribution in [3.63, 3.8) is 0 Å². The Morgan fingerprint density at radius 2 is 1.53 bits per heavy atom. The molecule has 0 saturated heterocycles. The summed E-state index contributed by atoms with van der Waals surface area (Å²) in [5.41, 5.74) is 7.10. The Balaban J connectivity index is 2.06. The van der Waals surface area contributed by atoms with E-state index in [1.54, 1.807) is 18.2 Å². The zero-order valence-corrected chi connectivity index (χ0v) is 17.9.